The fourth-order valence-corrected chi connectivity index (χ4v) is 1.65. The lowest BCUT2D eigenvalue weighted by Gasteiger charge is -2.16. The standard InChI is InChI=1S/C14H26O2/c1-4-7-8-9-10-11-12-13-14(15-5-2)16-6-3/h1,14H,5-13H2,2-3H3. The van der Waals surface area contributed by atoms with Gasteiger partial charge in [0.25, 0.3) is 0 Å². The minimum Gasteiger partial charge on any atom is -0.353 e. The third-order valence-corrected chi connectivity index (χ3v) is 2.47. The lowest BCUT2D eigenvalue weighted by molar-refractivity contribution is -0.140. The summed E-state index contributed by atoms with van der Waals surface area (Å²) in [6.45, 7) is 5.47. The van der Waals surface area contributed by atoms with Crippen molar-refractivity contribution in [2.24, 2.45) is 0 Å². The highest BCUT2D eigenvalue weighted by molar-refractivity contribution is 4.82. The third-order valence-electron chi connectivity index (χ3n) is 2.47. The summed E-state index contributed by atoms with van der Waals surface area (Å²) in [6, 6.07) is 0. The van der Waals surface area contributed by atoms with Crippen molar-refractivity contribution in [3.63, 3.8) is 0 Å². The number of unbranched alkanes of at least 4 members (excludes halogenated alkanes) is 5. The first-order valence-corrected chi connectivity index (χ1v) is 6.51. The van der Waals surface area contributed by atoms with Crippen LogP contribution in [-0.2, 0) is 9.47 Å². The Morgan fingerprint density at radius 3 is 2.06 bits per heavy atom. The minimum atomic E-state index is 0.000656. The summed E-state index contributed by atoms with van der Waals surface area (Å²) in [4.78, 5) is 0. The first-order chi connectivity index (χ1) is 7.85. The zero-order valence-electron chi connectivity index (χ0n) is 10.8. The molecule has 0 fully saturated rings. The van der Waals surface area contributed by atoms with Crippen LogP contribution in [0.25, 0.3) is 0 Å². The van der Waals surface area contributed by atoms with E-state index in [-0.39, 0.29) is 6.29 Å². The van der Waals surface area contributed by atoms with Gasteiger partial charge in [0.05, 0.1) is 0 Å². The lowest BCUT2D eigenvalue weighted by Crippen LogP contribution is -2.17. The molecule has 0 N–H and O–H groups in total. The molecule has 2 heteroatoms. The van der Waals surface area contributed by atoms with E-state index in [1.54, 1.807) is 0 Å². The lowest BCUT2D eigenvalue weighted by atomic mass is 10.1. The molecule has 16 heavy (non-hydrogen) atoms. The largest absolute Gasteiger partial charge is 0.353 e. The van der Waals surface area contributed by atoms with Crippen LogP contribution in [-0.4, -0.2) is 19.5 Å². The van der Waals surface area contributed by atoms with Crippen LogP contribution < -0.4 is 0 Å². The van der Waals surface area contributed by atoms with Gasteiger partial charge in [-0.2, -0.15) is 0 Å². The van der Waals surface area contributed by atoms with Gasteiger partial charge < -0.3 is 9.47 Å². The predicted molar refractivity (Wildman–Crippen MR) is 68.2 cm³/mol. The highest BCUT2D eigenvalue weighted by atomic mass is 16.7. The van der Waals surface area contributed by atoms with Gasteiger partial charge in [-0.05, 0) is 33.1 Å². The molecule has 0 aromatic heterocycles. The molecule has 0 saturated carbocycles. The summed E-state index contributed by atoms with van der Waals surface area (Å²) in [7, 11) is 0. The fourth-order valence-electron chi connectivity index (χ4n) is 1.65. The van der Waals surface area contributed by atoms with Crippen molar-refractivity contribution in [2.45, 2.75) is 65.1 Å². The Morgan fingerprint density at radius 2 is 1.50 bits per heavy atom. The van der Waals surface area contributed by atoms with E-state index in [0.29, 0.717) is 0 Å². The summed E-state index contributed by atoms with van der Waals surface area (Å²) in [5.41, 5.74) is 0. The molecule has 0 aliphatic rings. The Hall–Kier alpha value is -0.520. The summed E-state index contributed by atoms with van der Waals surface area (Å²) in [5, 5.41) is 0. The summed E-state index contributed by atoms with van der Waals surface area (Å²) >= 11 is 0. The van der Waals surface area contributed by atoms with E-state index in [4.69, 9.17) is 15.9 Å². The van der Waals surface area contributed by atoms with Gasteiger partial charge in [0.2, 0.25) is 0 Å². The van der Waals surface area contributed by atoms with Gasteiger partial charge >= 0.3 is 0 Å². The minimum absolute atomic E-state index is 0.000656. The van der Waals surface area contributed by atoms with Crippen molar-refractivity contribution in [1.29, 1.82) is 0 Å². The maximum atomic E-state index is 5.48. The predicted octanol–water partition coefficient (Wildman–Crippen LogP) is 3.75. The van der Waals surface area contributed by atoms with Crippen LogP contribution in [0, 0.1) is 12.3 Å². The SMILES string of the molecule is C#CCCCCCCCC(OCC)OCC. The molecule has 0 saturated heterocycles. The zero-order chi connectivity index (χ0) is 12.1. The van der Waals surface area contributed by atoms with Crippen molar-refractivity contribution in [1.82, 2.24) is 0 Å². The first-order valence-electron chi connectivity index (χ1n) is 6.51. The van der Waals surface area contributed by atoms with Gasteiger partial charge in [-0.3, -0.25) is 0 Å². The van der Waals surface area contributed by atoms with Gasteiger partial charge in [0, 0.05) is 19.6 Å². The van der Waals surface area contributed by atoms with Gasteiger partial charge in [-0.1, -0.05) is 19.3 Å². The normalized spacial score (nSPS) is 10.6. The van der Waals surface area contributed by atoms with Crippen molar-refractivity contribution >= 4 is 0 Å². The second kappa shape index (κ2) is 12.5. The van der Waals surface area contributed by atoms with Gasteiger partial charge in [-0.15, -0.1) is 12.3 Å². The van der Waals surface area contributed by atoms with Crippen molar-refractivity contribution in [3.05, 3.63) is 0 Å². The molecule has 0 unspecified atom stereocenters. The average molecular weight is 226 g/mol. The molecule has 2 nitrogen and oxygen atoms in total. The molecule has 0 spiro atoms. The van der Waals surface area contributed by atoms with Crippen molar-refractivity contribution < 1.29 is 9.47 Å². The maximum absolute atomic E-state index is 5.48. The van der Waals surface area contributed by atoms with Crippen LogP contribution in [0.5, 0.6) is 0 Å². The molecular formula is C14H26O2. The van der Waals surface area contributed by atoms with Crippen LogP contribution in [0.1, 0.15) is 58.8 Å². The molecule has 0 atom stereocenters. The Morgan fingerprint density at radius 1 is 0.938 bits per heavy atom. The van der Waals surface area contributed by atoms with Crippen LogP contribution in [0.2, 0.25) is 0 Å². The number of hydrogen-bond donors (Lipinski definition) is 0. The molecule has 0 heterocycles. The third kappa shape index (κ3) is 10.0. The van der Waals surface area contributed by atoms with Gasteiger partial charge in [-0.25, -0.2) is 0 Å². The summed E-state index contributed by atoms with van der Waals surface area (Å²) in [5.74, 6) is 2.67. The molecule has 0 aliphatic carbocycles. The van der Waals surface area contributed by atoms with E-state index in [2.05, 4.69) is 5.92 Å². The molecule has 0 aliphatic heterocycles. The maximum Gasteiger partial charge on any atom is 0.157 e. The Balaban J connectivity index is 3.29. The van der Waals surface area contributed by atoms with E-state index >= 15 is 0 Å². The Bertz CT molecular complexity index is 166. The summed E-state index contributed by atoms with van der Waals surface area (Å²) < 4.78 is 11.0. The molecule has 0 rings (SSSR count). The highest BCUT2D eigenvalue weighted by Crippen LogP contribution is 2.11. The Kier molecular flexibility index (Phi) is 12.1. The highest BCUT2D eigenvalue weighted by Gasteiger charge is 2.06. The van der Waals surface area contributed by atoms with Crippen LogP contribution in [0.3, 0.4) is 0 Å². The number of hydrogen-bond acceptors (Lipinski definition) is 2. The van der Waals surface area contributed by atoms with E-state index in [1.807, 2.05) is 13.8 Å². The molecule has 0 aromatic carbocycles. The van der Waals surface area contributed by atoms with E-state index in [1.165, 1.54) is 25.7 Å². The second-order valence-corrected chi connectivity index (χ2v) is 3.85. The molecule has 0 amide bonds. The molecular weight excluding hydrogens is 200 g/mol. The quantitative estimate of drug-likeness (QED) is 0.303. The zero-order valence-corrected chi connectivity index (χ0v) is 10.8. The average Bonchev–Trinajstić information content (AvgIpc) is 2.28. The number of terminal acetylenes is 1. The monoisotopic (exact) mass is 226 g/mol. The van der Waals surface area contributed by atoms with Gasteiger partial charge in [0.15, 0.2) is 6.29 Å². The number of rotatable bonds is 11. The molecule has 0 aromatic rings. The first kappa shape index (κ1) is 15.5. The van der Waals surface area contributed by atoms with Crippen molar-refractivity contribution in [2.75, 3.05) is 13.2 Å². The van der Waals surface area contributed by atoms with Crippen LogP contribution in [0.4, 0.5) is 0 Å². The van der Waals surface area contributed by atoms with Gasteiger partial charge in [0.1, 0.15) is 0 Å². The topological polar surface area (TPSA) is 18.5 Å². The van der Waals surface area contributed by atoms with E-state index < -0.39 is 0 Å². The molecule has 0 bridgehead atoms. The second-order valence-electron chi connectivity index (χ2n) is 3.85. The number of ether oxygens (including phenoxy) is 2. The van der Waals surface area contributed by atoms with Crippen LogP contribution >= 0.6 is 0 Å². The fraction of sp³-hybridized carbons (Fsp3) is 0.857. The van der Waals surface area contributed by atoms with Crippen LogP contribution in [0.15, 0.2) is 0 Å². The van der Waals surface area contributed by atoms with E-state index in [0.717, 1.165) is 32.5 Å². The molecule has 94 valence electrons. The van der Waals surface area contributed by atoms with Crippen molar-refractivity contribution in [3.8, 4) is 12.3 Å². The smallest absolute Gasteiger partial charge is 0.157 e. The van der Waals surface area contributed by atoms with E-state index in [9.17, 15) is 0 Å². The Labute approximate surface area is 101 Å². The molecule has 0 radical (unpaired) electrons. The summed E-state index contributed by atoms with van der Waals surface area (Å²) in [6.07, 6.45) is 13.2.